The number of aromatic nitrogens is 1. The van der Waals surface area contributed by atoms with E-state index in [4.69, 9.17) is 0 Å². The van der Waals surface area contributed by atoms with Crippen LogP contribution in [0.3, 0.4) is 0 Å². The SMILES string of the molecule is CCN(C(=O)N1CC2(CCN(c3cc(C(F)(F)F)c4scc(C(=O)NC)c4n3)CC2)C1)C(C)C. The number of carbonyl (C=O) groups is 2. The van der Waals surface area contributed by atoms with Crippen molar-refractivity contribution in [1.29, 1.82) is 0 Å². The number of piperidine rings is 1. The number of halogens is 3. The second-order valence-corrected chi connectivity index (χ2v) is 10.3. The molecule has 2 aromatic rings. The first kappa shape index (κ1) is 24.6. The molecule has 4 rings (SSSR count). The van der Waals surface area contributed by atoms with Gasteiger partial charge in [0.25, 0.3) is 5.91 Å². The quantitative estimate of drug-likeness (QED) is 0.679. The number of urea groups is 1. The molecule has 0 atom stereocenters. The number of hydrogen-bond acceptors (Lipinski definition) is 5. The van der Waals surface area contributed by atoms with Crippen LogP contribution in [0.2, 0.25) is 0 Å². The van der Waals surface area contributed by atoms with Gasteiger partial charge in [-0.3, -0.25) is 4.79 Å². The molecule has 11 heteroatoms. The Kier molecular flexibility index (Phi) is 6.43. The number of alkyl halides is 3. The van der Waals surface area contributed by atoms with Crippen LogP contribution in [0.5, 0.6) is 0 Å². The van der Waals surface area contributed by atoms with Gasteiger partial charge in [-0.25, -0.2) is 9.78 Å². The molecule has 2 fully saturated rings. The molecule has 1 spiro atoms. The van der Waals surface area contributed by atoms with E-state index in [2.05, 4.69) is 10.3 Å². The van der Waals surface area contributed by atoms with Crippen LogP contribution >= 0.6 is 11.3 Å². The van der Waals surface area contributed by atoms with E-state index in [1.807, 2.05) is 35.5 Å². The summed E-state index contributed by atoms with van der Waals surface area (Å²) in [6.45, 7) is 9.08. The van der Waals surface area contributed by atoms with Crippen LogP contribution in [0, 0.1) is 5.41 Å². The minimum Gasteiger partial charge on any atom is -0.357 e. The van der Waals surface area contributed by atoms with Gasteiger partial charge >= 0.3 is 12.2 Å². The van der Waals surface area contributed by atoms with Crippen molar-refractivity contribution in [1.82, 2.24) is 20.1 Å². The Hall–Kier alpha value is -2.56. The number of hydrogen-bond donors (Lipinski definition) is 1. The summed E-state index contributed by atoms with van der Waals surface area (Å²) in [5.41, 5.74) is -0.512. The highest BCUT2D eigenvalue weighted by Crippen LogP contribution is 2.44. The van der Waals surface area contributed by atoms with Gasteiger partial charge in [0, 0.05) is 56.6 Å². The number of rotatable bonds is 4. The Morgan fingerprint density at radius 2 is 1.91 bits per heavy atom. The monoisotopic (exact) mass is 497 g/mol. The lowest BCUT2D eigenvalue weighted by Gasteiger charge is -2.55. The van der Waals surface area contributed by atoms with Gasteiger partial charge in [-0.15, -0.1) is 11.3 Å². The maximum atomic E-state index is 13.8. The molecular weight excluding hydrogens is 467 g/mol. The first-order valence-corrected chi connectivity index (χ1v) is 12.4. The molecule has 0 bridgehead atoms. The Labute approximate surface area is 200 Å². The fraction of sp³-hybridized carbons (Fsp3) is 0.609. The highest BCUT2D eigenvalue weighted by molar-refractivity contribution is 7.17. The van der Waals surface area contributed by atoms with E-state index < -0.39 is 17.6 Å². The number of nitrogens with zero attached hydrogens (tertiary/aromatic N) is 4. The molecule has 1 N–H and O–H groups in total. The lowest BCUT2D eigenvalue weighted by Crippen LogP contribution is -2.64. The zero-order valence-electron chi connectivity index (χ0n) is 19.8. The number of nitrogens with one attached hydrogen (secondary N) is 1. The Balaban J connectivity index is 1.52. The molecule has 0 unspecified atom stereocenters. The van der Waals surface area contributed by atoms with Crippen LogP contribution < -0.4 is 10.2 Å². The summed E-state index contributed by atoms with van der Waals surface area (Å²) in [6, 6.07) is 1.28. The molecule has 2 aliphatic rings. The predicted octanol–water partition coefficient (Wildman–Crippen LogP) is 4.43. The van der Waals surface area contributed by atoms with Crippen molar-refractivity contribution in [2.24, 2.45) is 5.41 Å². The molecule has 3 amide bonds. The molecule has 0 aromatic carbocycles. The van der Waals surface area contributed by atoms with Crippen molar-refractivity contribution in [2.75, 3.05) is 44.7 Å². The van der Waals surface area contributed by atoms with E-state index >= 15 is 0 Å². The average molecular weight is 498 g/mol. The molecule has 0 radical (unpaired) electrons. The van der Waals surface area contributed by atoms with E-state index in [9.17, 15) is 22.8 Å². The van der Waals surface area contributed by atoms with Crippen molar-refractivity contribution < 1.29 is 22.8 Å². The zero-order chi connectivity index (χ0) is 24.8. The van der Waals surface area contributed by atoms with Gasteiger partial charge in [-0.2, -0.15) is 13.2 Å². The third-order valence-corrected chi connectivity index (χ3v) is 7.97. The summed E-state index contributed by atoms with van der Waals surface area (Å²) in [6.07, 6.45) is -3.00. The lowest BCUT2D eigenvalue weighted by molar-refractivity contribution is -0.136. The van der Waals surface area contributed by atoms with Crippen molar-refractivity contribution in [3.8, 4) is 0 Å². The molecule has 0 saturated carbocycles. The van der Waals surface area contributed by atoms with Gasteiger partial charge in [-0.05, 0) is 39.7 Å². The number of thiophene rings is 1. The Morgan fingerprint density at radius 3 is 2.44 bits per heavy atom. The van der Waals surface area contributed by atoms with E-state index in [1.54, 1.807) is 0 Å². The standard InChI is InChI=1S/C23H30F3N5O2S/c1-5-31(14(2)3)21(33)30-12-22(13-30)6-8-29(9-7-22)17-10-16(23(24,25)26)19-18(28-17)15(11-34-19)20(32)27-4/h10-11,14H,5-9,12-13H2,1-4H3,(H,27,32). The fourth-order valence-corrected chi connectivity index (χ4v) is 6.01. The van der Waals surface area contributed by atoms with Gasteiger partial charge in [-0.1, -0.05) is 0 Å². The molecule has 2 aliphatic heterocycles. The average Bonchev–Trinajstić information content (AvgIpc) is 3.19. The number of likely N-dealkylation sites (tertiary alicyclic amines) is 1. The summed E-state index contributed by atoms with van der Waals surface area (Å²) in [7, 11) is 1.44. The number of anilines is 1. The molecule has 2 aromatic heterocycles. The van der Waals surface area contributed by atoms with E-state index in [-0.39, 0.29) is 39.1 Å². The highest BCUT2D eigenvalue weighted by Gasteiger charge is 2.48. The number of carbonyl (C=O) groups excluding carboxylic acids is 2. The van der Waals surface area contributed by atoms with Gasteiger partial charge < -0.3 is 20.0 Å². The van der Waals surface area contributed by atoms with Crippen molar-refractivity contribution in [2.45, 2.75) is 45.8 Å². The second kappa shape index (κ2) is 8.90. The summed E-state index contributed by atoms with van der Waals surface area (Å²) in [5, 5.41) is 3.90. The van der Waals surface area contributed by atoms with Crippen LogP contribution in [0.15, 0.2) is 11.4 Å². The Bertz CT molecular complexity index is 1080. The van der Waals surface area contributed by atoms with E-state index in [0.29, 0.717) is 32.7 Å². The van der Waals surface area contributed by atoms with Crippen molar-refractivity contribution in [3.63, 3.8) is 0 Å². The van der Waals surface area contributed by atoms with Gasteiger partial charge in [0.1, 0.15) is 5.82 Å². The van der Waals surface area contributed by atoms with Crippen LogP contribution in [-0.2, 0) is 6.18 Å². The minimum absolute atomic E-state index is 0.00907. The van der Waals surface area contributed by atoms with E-state index in [1.165, 1.54) is 12.4 Å². The minimum atomic E-state index is -4.55. The molecular formula is C23H30F3N5O2S. The van der Waals surface area contributed by atoms with Crippen LogP contribution in [0.25, 0.3) is 10.2 Å². The van der Waals surface area contributed by atoms with E-state index in [0.717, 1.165) is 30.2 Å². The molecule has 2 saturated heterocycles. The van der Waals surface area contributed by atoms with Crippen LogP contribution in [-0.4, -0.2) is 72.5 Å². The third kappa shape index (κ3) is 4.30. The van der Waals surface area contributed by atoms with Crippen molar-refractivity contribution in [3.05, 3.63) is 22.6 Å². The smallest absolute Gasteiger partial charge is 0.357 e. The fourth-order valence-electron chi connectivity index (χ4n) is 4.99. The molecule has 34 heavy (non-hydrogen) atoms. The van der Waals surface area contributed by atoms with Gasteiger partial charge in [0.05, 0.1) is 21.3 Å². The maximum absolute atomic E-state index is 13.8. The largest absolute Gasteiger partial charge is 0.417 e. The summed E-state index contributed by atoms with van der Waals surface area (Å²) >= 11 is 0.885. The molecule has 0 aliphatic carbocycles. The van der Waals surface area contributed by atoms with Gasteiger partial charge in [0.2, 0.25) is 0 Å². The summed E-state index contributed by atoms with van der Waals surface area (Å²) in [4.78, 5) is 35.0. The summed E-state index contributed by atoms with van der Waals surface area (Å²) in [5.74, 6) is -0.217. The highest BCUT2D eigenvalue weighted by atomic mass is 32.1. The zero-order valence-corrected chi connectivity index (χ0v) is 20.6. The number of pyridine rings is 1. The van der Waals surface area contributed by atoms with Crippen LogP contribution in [0.4, 0.5) is 23.8 Å². The lowest BCUT2D eigenvalue weighted by atomic mass is 9.72. The second-order valence-electron chi connectivity index (χ2n) is 9.44. The first-order valence-electron chi connectivity index (χ1n) is 11.5. The molecule has 186 valence electrons. The van der Waals surface area contributed by atoms with Crippen LogP contribution in [0.1, 0.15) is 49.5 Å². The van der Waals surface area contributed by atoms with Crippen molar-refractivity contribution >= 4 is 39.3 Å². The maximum Gasteiger partial charge on any atom is 0.417 e. The normalized spacial score (nSPS) is 17.9. The predicted molar refractivity (Wildman–Crippen MR) is 126 cm³/mol. The molecule has 7 nitrogen and oxygen atoms in total. The first-order chi connectivity index (χ1) is 16.0. The summed E-state index contributed by atoms with van der Waals surface area (Å²) < 4.78 is 41.5. The number of amides is 3. The third-order valence-electron chi connectivity index (χ3n) is 6.97. The topological polar surface area (TPSA) is 68.8 Å². The number of fused-ring (bicyclic) bond motifs is 1. The molecule has 4 heterocycles. The Morgan fingerprint density at radius 1 is 1.26 bits per heavy atom. The van der Waals surface area contributed by atoms with Gasteiger partial charge in [0.15, 0.2) is 0 Å².